The predicted octanol–water partition coefficient (Wildman–Crippen LogP) is 3.08. The van der Waals surface area contributed by atoms with Crippen LogP contribution in [0.25, 0.3) is 28.2 Å². The molecule has 6 rings (SSSR count). The minimum absolute atomic E-state index is 0.513. The van der Waals surface area contributed by atoms with Crippen molar-refractivity contribution in [2.45, 2.75) is 19.6 Å². The third kappa shape index (κ3) is 4.05. The second-order valence-corrected chi connectivity index (χ2v) is 9.08. The fourth-order valence-electron chi connectivity index (χ4n) is 4.68. The zero-order valence-corrected chi connectivity index (χ0v) is 19.3. The summed E-state index contributed by atoms with van der Waals surface area (Å²) in [4.78, 5) is 14.1. The average molecular weight is 462 g/mol. The van der Waals surface area contributed by atoms with Gasteiger partial charge in [-0.05, 0) is 19.1 Å². The molecule has 2 aliphatic heterocycles. The molecule has 0 unspecified atom stereocenters. The molecule has 8 nitrogen and oxygen atoms in total. The van der Waals surface area contributed by atoms with Crippen molar-refractivity contribution < 1.29 is 9.13 Å². The van der Waals surface area contributed by atoms with Crippen LogP contribution in [0.3, 0.4) is 0 Å². The topological polar surface area (TPSA) is 64.2 Å². The van der Waals surface area contributed by atoms with Crippen LogP contribution in [0.4, 0.5) is 10.1 Å². The van der Waals surface area contributed by atoms with E-state index >= 15 is 0 Å². The Bertz CT molecular complexity index is 1300. The number of hydrogen-bond donors (Lipinski definition) is 0. The number of anilines is 1. The largest absolute Gasteiger partial charge is 0.378 e. The van der Waals surface area contributed by atoms with Gasteiger partial charge in [0, 0.05) is 57.1 Å². The Morgan fingerprint density at radius 1 is 1.09 bits per heavy atom. The lowest BCUT2D eigenvalue weighted by molar-refractivity contribution is 0.0630. The van der Waals surface area contributed by atoms with Gasteiger partial charge in [-0.25, -0.2) is 19.0 Å². The second-order valence-electron chi connectivity index (χ2n) is 9.08. The molecule has 9 heteroatoms. The number of aryl methyl sites for hydroxylation is 1. The highest BCUT2D eigenvalue weighted by Crippen LogP contribution is 2.29. The van der Waals surface area contributed by atoms with Crippen molar-refractivity contribution in [2.24, 2.45) is 0 Å². The van der Waals surface area contributed by atoms with Crippen LogP contribution in [0.2, 0.25) is 0 Å². The van der Waals surface area contributed by atoms with Gasteiger partial charge in [-0.1, -0.05) is 23.8 Å². The summed E-state index contributed by atoms with van der Waals surface area (Å²) < 4.78 is 22.7. The summed E-state index contributed by atoms with van der Waals surface area (Å²) in [5.41, 5.74) is 5.94. The smallest absolute Gasteiger partial charge is 0.164 e. The van der Waals surface area contributed by atoms with Crippen molar-refractivity contribution in [3.8, 4) is 17.1 Å². The van der Waals surface area contributed by atoms with E-state index < -0.39 is 6.17 Å². The number of imidazole rings is 1. The van der Waals surface area contributed by atoms with E-state index in [1.54, 1.807) is 0 Å². The van der Waals surface area contributed by atoms with Crippen LogP contribution in [0, 0.1) is 6.92 Å². The van der Waals surface area contributed by atoms with Gasteiger partial charge >= 0.3 is 0 Å². The van der Waals surface area contributed by atoms with E-state index in [-0.39, 0.29) is 0 Å². The number of ether oxygens (including phenoxy) is 1. The van der Waals surface area contributed by atoms with Crippen LogP contribution < -0.4 is 4.90 Å². The number of hydrogen-bond acceptors (Lipinski definition) is 6. The van der Waals surface area contributed by atoms with E-state index in [9.17, 15) is 4.39 Å². The minimum Gasteiger partial charge on any atom is -0.378 e. The van der Waals surface area contributed by atoms with Crippen LogP contribution in [0.1, 0.15) is 5.56 Å². The average Bonchev–Trinajstić information content (AvgIpc) is 3.49. The molecule has 0 spiro atoms. The number of pyridine rings is 1. The lowest BCUT2D eigenvalue weighted by Crippen LogP contribution is -2.49. The zero-order valence-electron chi connectivity index (χ0n) is 19.3. The molecule has 4 aromatic rings. The Hall–Kier alpha value is -3.30. The highest BCUT2D eigenvalue weighted by molar-refractivity contribution is 5.87. The number of nitrogens with zero attached hydrogens (tertiary/aromatic N) is 7. The molecule has 34 heavy (non-hydrogen) atoms. The number of rotatable bonds is 6. The summed E-state index contributed by atoms with van der Waals surface area (Å²) in [6, 6.07) is 12.4. The summed E-state index contributed by atoms with van der Waals surface area (Å²) in [7, 11) is 0. The van der Waals surface area contributed by atoms with Gasteiger partial charge in [-0.2, -0.15) is 5.10 Å². The summed E-state index contributed by atoms with van der Waals surface area (Å²) >= 11 is 0. The molecule has 0 N–H and O–H groups in total. The molecule has 1 aromatic carbocycles. The maximum atomic E-state index is 13.2. The van der Waals surface area contributed by atoms with Crippen LogP contribution in [0.15, 0.2) is 48.9 Å². The molecular weight excluding hydrogens is 433 g/mol. The van der Waals surface area contributed by atoms with Gasteiger partial charge in [0.25, 0.3) is 0 Å². The van der Waals surface area contributed by atoms with E-state index in [0.717, 1.165) is 60.1 Å². The standard InChI is InChI=1S/C25H28FN7O/c1-18-3-2-4-19(13-18)21-5-6-33(29-21)23-14-22(31-9-11-34-12-10-31)24-25(28-23)32(17-27-24)8-7-30-15-20(26)16-30/h2-6,13-14,17,20H,7-12,15-16H2,1H3. The lowest BCUT2D eigenvalue weighted by atomic mass is 10.1. The molecule has 0 aliphatic carbocycles. The monoisotopic (exact) mass is 461 g/mol. The fourth-order valence-corrected chi connectivity index (χ4v) is 4.68. The maximum absolute atomic E-state index is 13.2. The van der Waals surface area contributed by atoms with Gasteiger partial charge in [0.05, 0.1) is 30.9 Å². The number of morpholine rings is 1. The van der Waals surface area contributed by atoms with Crippen LogP contribution in [-0.4, -0.2) is 81.3 Å². The Morgan fingerprint density at radius 3 is 2.74 bits per heavy atom. The van der Waals surface area contributed by atoms with E-state index in [1.165, 1.54) is 5.56 Å². The Labute approximate surface area is 197 Å². The van der Waals surface area contributed by atoms with Crippen LogP contribution in [-0.2, 0) is 11.3 Å². The molecule has 0 saturated carbocycles. The molecule has 0 amide bonds. The SMILES string of the molecule is Cc1cccc(-c2ccn(-c3cc(N4CCOCC4)c4ncn(CCN5CC(F)C5)c4n3)n2)c1. The van der Waals surface area contributed by atoms with E-state index in [2.05, 4.69) is 45.6 Å². The quantitative estimate of drug-likeness (QED) is 0.440. The first-order valence-corrected chi connectivity index (χ1v) is 11.8. The number of alkyl halides is 1. The summed E-state index contributed by atoms with van der Waals surface area (Å²) in [6.07, 6.45) is 3.11. The minimum atomic E-state index is -0.695. The number of fused-ring (bicyclic) bond motifs is 1. The molecule has 0 bridgehead atoms. The van der Waals surface area contributed by atoms with E-state index in [0.29, 0.717) is 26.3 Å². The third-order valence-electron chi connectivity index (χ3n) is 6.60. The Kier molecular flexibility index (Phi) is 5.50. The van der Waals surface area contributed by atoms with E-state index in [1.807, 2.05) is 29.3 Å². The first-order valence-electron chi connectivity index (χ1n) is 11.8. The van der Waals surface area contributed by atoms with Crippen molar-refractivity contribution in [2.75, 3.05) is 50.8 Å². The van der Waals surface area contributed by atoms with Gasteiger partial charge in [0.2, 0.25) is 0 Å². The van der Waals surface area contributed by atoms with Crippen LogP contribution in [0.5, 0.6) is 0 Å². The van der Waals surface area contributed by atoms with Crippen molar-refractivity contribution in [3.63, 3.8) is 0 Å². The van der Waals surface area contributed by atoms with Gasteiger partial charge in [-0.15, -0.1) is 0 Å². The summed E-state index contributed by atoms with van der Waals surface area (Å²) in [6.45, 7) is 7.62. The Balaban J connectivity index is 1.38. The van der Waals surface area contributed by atoms with Gasteiger partial charge in [0.1, 0.15) is 11.7 Å². The summed E-state index contributed by atoms with van der Waals surface area (Å²) in [5, 5.41) is 4.84. The van der Waals surface area contributed by atoms with Crippen molar-refractivity contribution in [1.82, 2.24) is 29.2 Å². The molecule has 2 aliphatic rings. The number of aromatic nitrogens is 5. The van der Waals surface area contributed by atoms with E-state index in [4.69, 9.17) is 19.8 Å². The van der Waals surface area contributed by atoms with Gasteiger partial charge < -0.3 is 14.2 Å². The normalized spacial score (nSPS) is 17.4. The van der Waals surface area contributed by atoms with Gasteiger partial charge in [-0.3, -0.25) is 4.90 Å². The first-order chi connectivity index (χ1) is 16.6. The molecule has 0 radical (unpaired) electrons. The summed E-state index contributed by atoms with van der Waals surface area (Å²) in [5.74, 6) is 0.752. The highest BCUT2D eigenvalue weighted by Gasteiger charge is 2.26. The molecule has 3 aromatic heterocycles. The van der Waals surface area contributed by atoms with Crippen molar-refractivity contribution >= 4 is 16.9 Å². The molecule has 176 valence electrons. The number of likely N-dealkylation sites (tertiary alicyclic amines) is 1. The van der Waals surface area contributed by atoms with Gasteiger partial charge in [0.15, 0.2) is 11.5 Å². The van der Waals surface area contributed by atoms with Crippen molar-refractivity contribution in [1.29, 1.82) is 0 Å². The lowest BCUT2D eigenvalue weighted by Gasteiger charge is -2.34. The first kappa shape index (κ1) is 21.2. The number of benzene rings is 1. The van der Waals surface area contributed by atoms with Crippen molar-refractivity contribution in [3.05, 3.63) is 54.5 Å². The third-order valence-corrected chi connectivity index (χ3v) is 6.60. The molecule has 2 fully saturated rings. The zero-order chi connectivity index (χ0) is 23.1. The van der Waals surface area contributed by atoms with Crippen LogP contribution >= 0.6 is 0 Å². The molecular formula is C25H28FN7O. The Morgan fingerprint density at radius 2 is 1.94 bits per heavy atom. The molecule has 5 heterocycles. The fraction of sp³-hybridized carbons (Fsp3) is 0.400. The molecule has 2 saturated heterocycles. The predicted molar refractivity (Wildman–Crippen MR) is 129 cm³/mol. The second kappa shape index (κ2) is 8.81. The number of halogens is 1. The highest BCUT2D eigenvalue weighted by atomic mass is 19.1. The molecule has 0 atom stereocenters. The maximum Gasteiger partial charge on any atom is 0.164 e.